The van der Waals surface area contributed by atoms with E-state index in [4.69, 9.17) is 0 Å². The van der Waals surface area contributed by atoms with E-state index in [1.807, 2.05) is 12.1 Å². The number of hydrogen-bond donors (Lipinski definition) is 2. The van der Waals surface area contributed by atoms with Crippen LogP contribution in [0.4, 0.5) is 11.4 Å². The van der Waals surface area contributed by atoms with Crippen molar-refractivity contribution in [3.8, 4) is 0 Å². The van der Waals surface area contributed by atoms with Gasteiger partial charge in [-0.15, -0.1) is 0 Å². The van der Waals surface area contributed by atoms with Gasteiger partial charge in [0.15, 0.2) is 0 Å². The van der Waals surface area contributed by atoms with Gasteiger partial charge in [-0.1, -0.05) is 48.5 Å². The van der Waals surface area contributed by atoms with Crippen LogP contribution in [-0.2, 0) is 14.8 Å². The number of carbonyl (C=O) groups excluding carboxylic acids is 2. The average molecular weight is 493 g/mol. The molecule has 9 heteroatoms. The van der Waals surface area contributed by atoms with Crippen LogP contribution in [0.1, 0.15) is 34.0 Å². The fraction of sp³-hybridized carbons (Fsp3) is 0.192. The molecule has 35 heavy (non-hydrogen) atoms. The number of hydrazone groups is 1. The van der Waals surface area contributed by atoms with Crippen LogP contribution in [0, 0.1) is 13.8 Å². The number of carbonyl (C=O) groups is 2. The SMILES string of the molecule is C/C(=N/NC(=O)CN(c1c(C)cccc1C)S(C)(=O)=O)c1ccc(NC(=O)c2ccccc2)cc1. The van der Waals surface area contributed by atoms with E-state index in [1.54, 1.807) is 81.4 Å². The summed E-state index contributed by atoms with van der Waals surface area (Å²) in [5.74, 6) is -0.778. The Balaban J connectivity index is 1.66. The van der Waals surface area contributed by atoms with Gasteiger partial charge in [0.1, 0.15) is 6.54 Å². The Labute approximate surface area is 205 Å². The van der Waals surface area contributed by atoms with Gasteiger partial charge in [0.2, 0.25) is 10.0 Å². The number of amides is 2. The molecular formula is C26H28N4O4S. The van der Waals surface area contributed by atoms with E-state index in [0.29, 0.717) is 22.6 Å². The van der Waals surface area contributed by atoms with Crippen LogP contribution in [-0.4, -0.2) is 38.7 Å². The number of nitrogens with zero attached hydrogens (tertiary/aromatic N) is 2. The first-order valence-corrected chi connectivity index (χ1v) is 12.7. The summed E-state index contributed by atoms with van der Waals surface area (Å²) in [6.07, 6.45) is 1.07. The fourth-order valence-electron chi connectivity index (χ4n) is 3.53. The van der Waals surface area contributed by atoms with Crippen molar-refractivity contribution in [1.29, 1.82) is 0 Å². The van der Waals surface area contributed by atoms with Gasteiger partial charge in [-0.05, 0) is 61.7 Å². The zero-order valence-electron chi connectivity index (χ0n) is 20.1. The summed E-state index contributed by atoms with van der Waals surface area (Å²) in [5.41, 5.74) is 6.86. The first-order chi connectivity index (χ1) is 16.6. The van der Waals surface area contributed by atoms with Crippen molar-refractivity contribution in [2.45, 2.75) is 20.8 Å². The standard InChI is InChI=1S/C26H28N4O4S/c1-18-9-8-10-19(2)25(18)30(35(4,33)34)17-24(31)29-28-20(3)21-13-15-23(16-14-21)27-26(32)22-11-6-5-7-12-22/h5-16H,17H2,1-4H3,(H,27,32)(H,29,31)/b28-20-. The average Bonchev–Trinajstić information content (AvgIpc) is 2.82. The van der Waals surface area contributed by atoms with E-state index in [2.05, 4.69) is 15.8 Å². The molecule has 2 amide bonds. The minimum absolute atomic E-state index is 0.213. The van der Waals surface area contributed by atoms with Crippen LogP contribution in [0.15, 0.2) is 77.9 Å². The number of nitrogens with one attached hydrogen (secondary N) is 2. The molecular weight excluding hydrogens is 464 g/mol. The van der Waals surface area contributed by atoms with Crippen LogP contribution in [0.3, 0.4) is 0 Å². The second-order valence-electron chi connectivity index (χ2n) is 8.14. The molecule has 0 heterocycles. The maximum absolute atomic E-state index is 12.6. The van der Waals surface area contributed by atoms with Gasteiger partial charge in [-0.25, -0.2) is 13.8 Å². The predicted octanol–water partition coefficient (Wildman–Crippen LogP) is 3.86. The van der Waals surface area contributed by atoms with Gasteiger partial charge >= 0.3 is 0 Å². The number of para-hydroxylation sites is 1. The summed E-state index contributed by atoms with van der Waals surface area (Å²) in [7, 11) is -3.69. The molecule has 0 saturated heterocycles. The molecule has 3 rings (SSSR count). The van der Waals surface area contributed by atoms with Crippen molar-refractivity contribution in [3.05, 3.63) is 95.1 Å². The Morgan fingerprint density at radius 3 is 2.03 bits per heavy atom. The van der Waals surface area contributed by atoms with E-state index in [0.717, 1.165) is 27.3 Å². The molecule has 0 atom stereocenters. The normalized spacial score (nSPS) is 11.6. The zero-order chi connectivity index (χ0) is 25.6. The maximum atomic E-state index is 12.6. The fourth-order valence-corrected chi connectivity index (χ4v) is 4.50. The summed E-state index contributed by atoms with van der Waals surface area (Å²) < 4.78 is 25.9. The Hall–Kier alpha value is -3.98. The van der Waals surface area contributed by atoms with Crippen molar-refractivity contribution in [2.75, 3.05) is 22.4 Å². The Morgan fingerprint density at radius 2 is 1.46 bits per heavy atom. The number of aryl methyl sites for hydroxylation is 2. The number of hydrogen-bond acceptors (Lipinski definition) is 5. The molecule has 0 aliphatic heterocycles. The Morgan fingerprint density at radius 1 is 0.857 bits per heavy atom. The van der Waals surface area contributed by atoms with Gasteiger partial charge < -0.3 is 5.32 Å². The molecule has 2 N–H and O–H groups in total. The van der Waals surface area contributed by atoms with Crippen molar-refractivity contribution in [2.24, 2.45) is 5.10 Å². The number of rotatable bonds is 8. The smallest absolute Gasteiger partial charge is 0.260 e. The van der Waals surface area contributed by atoms with Crippen LogP contribution < -0.4 is 15.0 Å². The van der Waals surface area contributed by atoms with Gasteiger partial charge in [0, 0.05) is 11.3 Å². The number of anilines is 2. The van der Waals surface area contributed by atoms with Crippen LogP contribution in [0.5, 0.6) is 0 Å². The number of sulfonamides is 1. The van der Waals surface area contributed by atoms with Crippen molar-refractivity contribution >= 4 is 38.9 Å². The molecule has 3 aromatic carbocycles. The van der Waals surface area contributed by atoms with Gasteiger partial charge in [0.05, 0.1) is 17.7 Å². The van der Waals surface area contributed by atoms with E-state index in [9.17, 15) is 18.0 Å². The van der Waals surface area contributed by atoms with Crippen LogP contribution in [0.2, 0.25) is 0 Å². The molecule has 0 saturated carbocycles. The summed E-state index contributed by atoms with van der Waals surface area (Å²) in [6, 6.07) is 21.3. The van der Waals surface area contributed by atoms with E-state index < -0.39 is 22.5 Å². The lowest BCUT2D eigenvalue weighted by Gasteiger charge is -2.25. The Bertz CT molecular complexity index is 1330. The number of benzene rings is 3. The highest BCUT2D eigenvalue weighted by atomic mass is 32.2. The predicted molar refractivity (Wildman–Crippen MR) is 139 cm³/mol. The summed E-state index contributed by atoms with van der Waals surface area (Å²) >= 11 is 0. The summed E-state index contributed by atoms with van der Waals surface area (Å²) in [6.45, 7) is 4.92. The van der Waals surface area contributed by atoms with Crippen molar-refractivity contribution < 1.29 is 18.0 Å². The second kappa shape index (κ2) is 11.0. The van der Waals surface area contributed by atoms with Crippen molar-refractivity contribution in [1.82, 2.24) is 5.43 Å². The molecule has 0 aromatic heterocycles. The quantitative estimate of drug-likeness (QED) is 0.368. The first kappa shape index (κ1) is 25.6. The summed E-state index contributed by atoms with van der Waals surface area (Å²) in [5, 5.41) is 6.94. The minimum atomic E-state index is -3.69. The molecule has 0 aliphatic carbocycles. The molecule has 3 aromatic rings. The Kier molecular flexibility index (Phi) is 8.03. The molecule has 0 unspecified atom stereocenters. The third-order valence-corrected chi connectivity index (χ3v) is 6.43. The van der Waals surface area contributed by atoms with Gasteiger partial charge in [-0.2, -0.15) is 5.10 Å². The highest BCUT2D eigenvalue weighted by molar-refractivity contribution is 7.92. The maximum Gasteiger partial charge on any atom is 0.260 e. The highest BCUT2D eigenvalue weighted by Gasteiger charge is 2.23. The third kappa shape index (κ3) is 6.77. The van der Waals surface area contributed by atoms with Crippen molar-refractivity contribution in [3.63, 3.8) is 0 Å². The lowest BCUT2D eigenvalue weighted by atomic mass is 10.1. The molecule has 0 spiro atoms. The molecule has 0 bridgehead atoms. The summed E-state index contributed by atoms with van der Waals surface area (Å²) in [4.78, 5) is 24.9. The largest absolute Gasteiger partial charge is 0.322 e. The van der Waals surface area contributed by atoms with E-state index in [-0.39, 0.29) is 5.91 Å². The zero-order valence-corrected chi connectivity index (χ0v) is 20.9. The van der Waals surface area contributed by atoms with Crippen LogP contribution in [0.25, 0.3) is 0 Å². The lowest BCUT2D eigenvalue weighted by Crippen LogP contribution is -2.40. The topological polar surface area (TPSA) is 108 Å². The van der Waals surface area contributed by atoms with Crippen LogP contribution >= 0.6 is 0 Å². The molecule has 0 fully saturated rings. The molecule has 0 aliphatic rings. The highest BCUT2D eigenvalue weighted by Crippen LogP contribution is 2.26. The van der Waals surface area contributed by atoms with Gasteiger partial charge in [0.25, 0.3) is 11.8 Å². The molecule has 0 radical (unpaired) electrons. The third-order valence-electron chi connectivity index (χ3n) is 5.32. The second-order valence-corrected chi connectivity index (χ2v) is 10.0. The van der Waals surface area contributed by atoms with Gasteiger partial charge in [-0.3, -0.25) is 13.9 Å². The monoisotopic (exact) mass is 492 g/mol. The molecule has 8 nitrogen and oxygen atoms in total. The van der Waals surface area contributed by atoms with E-state index >= 15 is 0 Å². The molecule has 182 valence electrons. The lowest BCUT2D eigenvalue weighted by molar-refractivity contribution is -0.119. The van der Waals surface area contributed by atoms with E-state index in [1.165, 1.54) is 0 Å². The first-order valence-electron chi connectivity index (χ1n) is 10.9. The minimum Gasteiger partial charge on any atom is -0.322 e.